The van der Waals surface area contributed by atoms with Crippen LogP contribution in [0.15, 0.2) is 28.7 Å². The van der Waals surface area contributed by atoms with Gasteiger partial charge in [0.15, 0.2) is 0 Å². The highest BCUT2D eigenvalue weighted by atomic mass is 79.9. The molecule has 2 nitrogen and oxygen atoms in total. The van der Waals surface area contributed by atoms with Crippen molar-refractivity contribution in [1.29, 1.82) is 0 Å². The van der Waals surface area contributed by atoms with Gasteiger partial charge in [0.05, 0.1) is 0 Å². The Balaban J connectivity index is 2.30. The Bertz CT molecular complexity index is 342. The van der Waals surface area contributed by atoms with E-state index in [-0.39, 0.29) is 5.41 Å². The first kappa shape index (κ1) is 12.1. The molecule has 1 aromatic rings. The largest absolute Gasteiger partial charge is 0.381 e. The summed E-state index contributed by atoms with van der Waals surface area (Å²) in [6, 6.07) is 8.61. The van der Waals surface area contributed by atoms with Crippen molar-refractivity contribution in [2.45, 2.75) is 24.7 Å². The molecule has 0 atom stereocenters. The van der Waals surface area contributed by atoms with E-state index in [1.807, 2.05) is 0 Å². The monoisotopic (exact) mass is 283 g/mol. The van der Waals surface area contributed by atoms with Crippen molar-refractivity contribution < 1.29 is 4.74 Å². The smallest absolute Gasteiger partial charge is 0.0474 e. The second-order valence-corrected chi connectivity index (χ2v) is 5.36. The molecule has 1 aromatic carbocycles. The van der Waals surface area contributed by atoms with Crippen LogP contribution in [0.3, 0.4) is 0 Å². The third-order valence-electron chi connectivity index (χ3n) is 3.51. The number of hydrogen-bond donors (Lipinski definition) is 1. The summed E-state index contributed by atoms with van der Waals surface area (Å²) in [5.74, 6) is 0. The molecular weight excluding hydrogens is 266 g/mol. The van der Waals surface area contributed by atoms with Crippen molar-refractivity contribution in [1.82, 2.24) is 0 Å². The van der Waals surface area contributed by atoms with Crippen LogP contribution in [0.5, 0.6) is 0 Å². The number of hydrogen-bond acceptors (Lipinski definition) is 2. The van der Waals surface area contributed by atoms with E-state index in [4.69, 9.17) is 10.5 Å². The Morgan fingerprint density at radius 3 is 2.69 bits per heavy atom. The Morgan fingerprint density at radius 1 is 1.31 bits per heavy atom. The molecule has 0 radical (unpaired) electrons. The van der Waals surface area contributed by atoms with Gasteiger partial charge in [-0.3, -0.25) is 0 Å². The van der Waals surface area contributed by atoms with Gasteiger partial charge in [-0.05, 0) is 43.5 Å². The molecule has 0 spiro atoms. The van der Waals surface area contributed by atoms with Crippen LogP contribution in [0.2, 0.25) is 0 Å². The van der Waals surface area contributed by atoms with E-state index in [1.165, 1.54) is 5.56 Å². The molecule has 0 amide bonds. The van der Waals surface area contributed by atoms with Gasteiger partial charge in [0.2, 0.25) is 0 Å². The average molecular weight is 284 g/mol. The van der Waals surface area contributed by atoms with E-state index < -0.39 is 0 Å². The maximum Gasteiger partial charge on any atom is 0.0474 e. The molecule has 1 saturated heterocycles. The normalized spacial score (nSPS) is 19.6. The van der Waals surface area contributed by atoms with Gasteiger partial charge in [-0.15, -0.1) is 0 Å². The second kappa shape index (κ2) is 5.30. The fourth-order valence-corrected chi connectivity index (χ4v) is 2.94. The Hall–Kier alpha value is -0.380. The summed E-state index contributed by atoms with van der Waals surface area (Å²) >= 11 is 3.54. The summed E-state index contributed by atoms with van der Waals surface area (Å²) in [7, 11) is 0. The quantitative estimate of drug-likeness (QED) is 0.926. The molecule has 0 aromatic heterocycles. The molecule has 0 bridgehead atoms. The zero-order valence-electron chi connectivity index (χ0n) is 9.42. The molecule has 2 rings (SSSR count). The Labute approximate surface area is 105 Å². The Morgan fingerprint density at radius 2 is 2.06 bits per heavy atom. The maximum atomic E-state index is 5.77. The standard InChI is InChI=1S/C13H18BrNO/c14-12-3-1-2-11(10-12)13(4-7-15)5-8-16-9-6-13/h1-3,10H,4-9,15H2. The fourth-order valence-electron chi connectivity index (χ4n) is 2.54. The molecule has 0 aliphatic carbocycles. The summed E-state index contributed by atoms with van der Waals surface area (Å²) < 4.78 is 6.62. The van der Waals surface area contributed by atoms with E-state index in [0.717, 1.165) is 43.5 Å². The number of benzene rings is 1. The van der Waals surface area contributed by atoms with Gasteiger partial charge < -0.3 is 10.5 Å². The van der Waals surface area contributed by atoms with E-state index in [0.29, 0.717) is 0 Å². The van der Waals surface area contributed by atoms with Crippen LogP contribution < -0.4 is 5.73 Å². The van der Waals surface area contributed by atoms with E-state index in [1.54, 1.807) is 0 Å². The minimum absolute atomic E-state index is 0.233. The van der Waals surface area contributed by atoms with E-state index >= 15 is 0 Å². The molecule has 0 saturated carbocycles. The van der Waals surface area contributed by atoms with Gasteiger partial charge >= 0.3 is 0 Å². The summed E-state index contributed by atoms with van der Waals surface area (Å²) in [6.07, 6.45) is 3.22. The predicted octanol–water partition coefficient (Wildman–Crippen LogP) is 2.85. The van der Waals surface area contributed by atoms with Gasteiger partial charge in [0.25, 0.3) is 0 Å². The lowest BCUT2D eigenvalue weighted by atomic mass is 9.72. The van der Waals surface area contributed by atoms with Crippen LogP contribution in [0.25, 0.3) is 0 Å². The summed E-state index contributed by atoms with van der Waals surface area (Å²) in [4.78, 5) is 0. The number of nitrogens with two attached hydrogens (primary N) is 1. The highest BCUT2D eigenvalue weighted by Gasteiger charge is 2.33. The first-order chi connectivity index (χ1) is 7.77. The number of rotatable bonds is 3. The lowest BCUT2D eigenvalue weighted by molar-refractivity contribution is 0.0476. The molecular formula is C13H18BrNO. The van der Waals surface area contributed by atoms with E-state index in [9.17, 15) is 0 Å². The summed E-state index contributed by atoms with van der Waals surface area (Å²) in [5, 5.41) is 0. The highest BCUT2D eigenvalue weighted by Crippen LogP contribution is 2.38. The van der Waals surface area contributed by atoms with E-state index in [2.05, 4.69) is 40.2 Å². The van der Waals surface area contributed by atoms with Gasteiger partial charge in [-0.2, -0.15) is 0 Å². The van der Waals surface area contributed by atoms with Crippen LogP contribution in [-0.2, 0) is 10.2 Å². The summed E-state index contributed by atoms with van der Waals surface area (Å²) in [5.41, 5.74) is 7.40. The third-order valence-corrected chi connectivity index (χ3v) is 4.00. The van der Waals surface area contributed by atoms with Gasteiger partial charge in [-0.1, -0.05) is 28.1 Å². The second-order valence-electron chi connectivity index (χ2n) is 4.44. The zero-order chi connectivity index (χ0) is 11.4. The lowest BCUT2D eigenvalue weighted by Crippen LogP contribution is -2.35. The summed E-state index contributed by atoms with van der Waals surface area (Å²) in [6.45, 7) is 2.45. The third kappa shape index (κ3) is 2.47. The van der Waals surface area contributed by atoms with Gasteiger partial charge in [0, 0.05) is 23.1 Å². The van der Waals surface area contributed by atoms with Gasteiger partial charge in [-0.25, -0.2) is 0 Å². The molecule has 1 heterocycles. The predicted molar refractivity (Wildman–Crippen MR) is 69.5 cm³/mol. The number of ether oxygens (including phenoxy) is 1. The van der Waals surface area contributed by atoms with Crippen molar-refractivity contribution in [2.24, 2.45) is 5.73 Å². The minimum Gasteiger partial charge on any atom is -0.381 e. The van der Waals surface area contributed by atoms with Crippen LogP contribution in [0.1, 0.15) is 24.8 Å². The van der Waals surface area contributed by atoms with Crippen LogP contribution >= 0.6 is 15.9 Å². The van der Waals surface area contributed by atoms with Crippen LogP contribution in [0, 0.1) is 0 Å². The van der Waals surface area contributed by atoms with Crippen LogP contribution in [-0.4, -0.2) is 19.8 Å². The fraction of sp³-hybridized carbons (Fsp3) is 0.538. The minimum atomic E-state index is 0.233. The van der Waals surface area contributed by atoms with Crippen molar-refractivity contribution in [3.05, 3.63) is 34.3 Å². The lowest BCUT2D eigenvalue weighted by Gasteiger charge is -2.37. The molecule has 2 N–H and O–H groups in total. The van der Waals surface area contributed by atoms with Gasteiger partial charge in [0.1, 0.15) is 0 Å². The Kier molecular flexibility index (Phi) is 4.00. The SMILES string of the molecule is NCCC1(c2cccc(Br)c2)CCOCC1. The number of halogens is 1. The molecule has 16 heavy (non-hydrogen) atoms. The molecule has 1 aliphatic rings. The molecule has 1 aliphatic heterocycles. The average Bonchev–Trinajstić information content (AvgIpc) is 2.31. The van der Waals surface area contributed by atoms with Crippen molar-refractivity contribution in [3.63, 3.8) is 0 Å². The zero-order valence-corrected chi connectivity index (χ0v) is 11.0. The topological polar surface area (TPSA) is 35.2 Å². The van der Waals surface area contributed by atoms with Crippen molar-refractivity contribution in [2.75, 3.05) is 19.8 Å². The first-order valence-corrected chi connectivity index (χ1v) is 6.60. The van der Waals surface area contributed by atoms with Crippen molar-refractivity contribution >= 4 is 15.9 Å². The molecule has 88 valence electrons. The molecule has 0 unspecified atom stereocenters. The molecule has 1 fully saturated rings. The highest BCUT2D eigenvalue weighted by molar-refractivity contribution is 9.10. The first-order valence-electron chi connectivity index (χ1n) is 5.81. The maximum absolute atomic E-state index is 5.77. The molecule has 3 heteroatoms. The van der Waals surface area contributed by atoms with Crippen molar-refractivity contribution in [3.8, 4) is 0 Å². The van der Waals surface area contributed by atoms with Crippen LogP contribution in [0.4, 0.5) is 0 Å².